The maximum Gasteiger partial charge on any atom is 0.271 e. The largest absolute Gasteiger partial charge is 0.496 e. The minimum Gasteiger partial charge on any atom is -0.496 e. The maximum atomic E-state index is 12.5. The summed E-state index contributed by atoms with van der Waals surface area (Å²) >= 11 is 1.38. The van der Waals surface area contributed by atoms with E-state index < -0.39 is 0 Å². The summed E-state index contributed by atoms with van der Waals surface area (Å²) in [6, 6.07) is 11.3. The van der Waals surface area contributed by atoms with E-state index in [4.69, 9.17) is 18.9 Å². The number of nitrogens with one attached hydrogen (secondary N) is 1. The third-order valence-electron chi connectivity index (χ3n) is 4.39. The van der Waals surface area contributed by atoms with Crippen LogP contribution in [0.4, 0.5) is 0 Å². The molecule has 1 amide bonds. The zero-order valence-electron chi connectivity index (χ0n) is 17.4. The van der Waals surface area contributed by atoms with E-state index in [9.17, 15) is 4.79 Å². The third kappa shape index (κ3) is 5.21. The molecule has 0 fully saturated rings. The Kier molecular flexibility index (Phi) is 7.13. The Hall–Kier alpha value is -3.26. The van der Waals surface area contributed by atoms with Crippen molar-refractivity contribution in [2.45, 2.75) is 20.1 Å². The first-order valence-electron chi connectivity index (χ1n) is 9.25. The first kappa shape index (κ1) is 21.4. The second-order valence-corrected chi connectivity index (χ2v) is 7.37. The quantitative estimate of drug-likeness (QED) is 0.555. The van der Waals surface area contributed by atoms with Crippen molar-refractivity contribution in [3.8, 4) is 23.0 Å². The van der Waals surface area contributed by atoms with Crippen molar-refractivity contribution >= 4 is 17.2 Å². The van der Waals surface area contributed by atoms with Crippen molar-refractivity contribution in [1.82, 2.24) is 10.3 Å². The van der Waals surface area contributed by atoms with Crippen molar-refractivity contribution < 1.29 is 23.7 Å². The molecule has 1 aromatic heterocycles. The Bertz CT molecular complexity index is 1000. The van der Waals surface area contributed by atoms with E-state index in [-0.39, 0.29) is 12.5 Å². The molecule has 0 bridgehead atoms. The van der Waals surface area contributed by atoms with Crippen LogP contribution in [0.3, 0.4) is 0 Å². The molecule has 0 spiro atoms. The minimum absolute atomic E-state index is 0.259. The molecule has 1 heterocycles. The average molecular weight is 429 g/mol. The molecule has 30 heavy (non-hydrogen) atoms. The Morgan fingerprint density at radius 1 is 1.00 bits per heavy atom. The van der Waals surface area contributed by atoms with Gasteiger partial charge in [-0.05, 0) is 25.1 Å². The standard InChI is InChI=1S/C22H24N2O5S/c1-14-5-7-16(8-6-14)29-12-21-24-17(13-30-21)22(25)23-11-15-9-19(27-3)20(28-4)10-18(15)26-2/h5-10,13H,11-12H2,1-4H3,(H,23,25). The molecule has 0 aliphatic carbocycles. The number of hydrogen-bond donors (Lipinski definition) is 1. The number of methoxy groups -OCH3 is 3. The highest BCUT2D eigenvalue weighted by Gasteiger charge is 2.15. The predicted octanol–water partition coefficient (Wildman–Crippen LogP) is 3.99. The molecule has 7 nitrogen and oxygen atoms in total. The molecule has 2 aromatic carbocycles. The fourth-order valence-corrected chi connectivity index (χ4v) is 3.44. The second-order valence-electron chi connectivity index (χ2n) is 6.43. The van der Waals surface area contributed by atoms with E-state index in [2.05, 4.69) is 10.3 Å². The fourth-order valence-electron chi connectivity index (χ4n) is 2.76. The molecule has 3 aromatic rings. The van der Waals surface area contributed by atoms with Crippen LogP contribution in [-0.2, 0) is 13.2 Å². The molecule has 3 rings (SSSR count). The lowest BCUT2D eigenvalue weighted by Crippen LogP contribution is -2.23. The van der Waals surface area contributed by atoms with Gasteiger partial charge in [-0.2, -0.15) is 0 Å². The Balaban J connectivity index is 1.61. The van der Waals surface area contributed by atoms with Crippen LogP contribution < -0.4 is 24.3 Å². The SMILES string of the molecule is COc1cc(OC)c(OC)cc1CNC(=O)c1csc(COc2ccc(C)cc2)n1. The highest BCUT2D eigenvalue weighted by atomic mass is 32.1. The highest BCUT2D eigenvalue weighted by Crippen LogP contribution is 2.34. The van der Waals surface area contributed by atoms with Crippen molar-refractivity contribution in [2.24, 2.45) is 0 Å². The van der Waals surface area contributed by atoms with Crippen molar-refractivity contribution in [3.63, 3.8) is 0 Å². The first-order valence-corrected chi connectivity index (χ1v) is 10.1. The van der Waals surface area contributed by atoms with Gasteiger partial charge in [0.15, 0.2) is 11.5 Å². The number of nitrogens with zero attached hydrogens (tertiary/aromatic N) is 1. The monoisotopic (exact) mass is 428 g/mol. The van der Waals surface area contributed by atoms with Crippen molar-refractivity contribution in [1.29, 1.82) is 0 Å². The van der Waals surface area contributed by atoms with Crippen LogP contribution in [0.15, 0.2) is 41.8 Å². The second kappa shape index (κ2) is 9.98. The van der Waals surface area contributed by atoms with Crippen LogP contribution in [-0.4, -0.2) is 32.2 Å². The average Bonchev–Trinajstić information content (AvgIpc) is 3.25. The van der Waals surface area contributed by atoms with Crippen molar-refractivity contribution in [2.75, 3.05) is 21.3 Å². The molecule has 0 unspecified atom stereocenters. The number of aromatic nitrogens is 1. The number of thiazole rings is 1. The summed E-state index contributed by atoms with van der Waals surface area (Å²) in [4.78, 5) is 16.9. The molecule has 8 heteroatoms. The summed E-state index contributed by atoms with van der Waals surface area (Å²) in [7, 11) is 4.68. The summed E-state index contributed by atoms with van der Waals surface area (Å²) in [5, 5.41) is 5.30. The Morgan fingerprint density at radius 3 is 2.33 bits per heavy atom. The molecular weight excluding hydrogens is 404 g/mol. The van der Waals surface area contributed by atoms with Gasteiger partial charge in [0.25, 0.3) is 5.91 Å². The molecule has 0 saturated heterocycles. The van der Waals surface area contributed by atoms with Gasteiger partial charge in [-0.15, -0.1) is 11.3 Å². The van der Waals surface area contributed by atoms with Gasteiger partial charge in [0.2, 0.25) is 0 Å². The van der Waals surface area contributed by atoms with E-state index in [1.165, 1.54) is 16.9 Å². The number of ether oxygens (including phenoxy) is 4. The van der Waals surface area contributed by atoms with Crippen LogP contribution in [0.25, 0.3) is 0 Å². The fraction of sp³-hybridized carbons (Fsp3) is 0.273. The van der Waals surface area contributed by atoms with E-state index in [1.807, 2.05) is 31.2 Å². The van der Waals surface area contributed by atoms with Gasteiger partial charge in [-0.1, -0.05) is 17.7 Å². The highest BCUT2D eigenvalue weighted by molar-refractivity contribution is 7.09. The van der Waals surface area contributed by atoms with Crippen molar-refractivity contribution in [3.05, 3.63) is 63.6 Å². The Morgan fingerprint density at radius 2 is 1.67 bits per heavy atom. The lowest BCUT2D eigenvalue weighted by molar-refractivity contribution is 0.0946. The van der Waals surface area contributed by atoms with Crippen LogP contribution in [0.2, 0.25) is 0 Å². The van der Waals surface area contributed by atoms with Gasteiger partial charge in [-0.3, -0.25) is 4.79 Å². The number of carbonyl (C=O) groups is 1. The number of amides is 1. The van der Waals surface area contributed by atoms with E-state index in [1.54, 1.807) is 38.8 Å². The minimum atomic E-state index is -0.273. The molecular formula is C22H24N2O5S. The third-order valence-corrected chi connectivity index (χ3v) is 5.22. The first-order chi connectivity index (χ1) is 14.5. The van der Waals surface area contributed by atoms with E-state index >= 15 is 0 Å². The molecule has 0 aliphatic heterocycles. The van der Waals surface area contributed by atoms with Gasteiger partial charge in [0.05, 0.1) is 21.3 Å². The van der Waals surface area contributed by atoms with Gasteiger partial charge >= 0.3 is 0 Å². The summed E-state index contributed by atoms with van der Waals surface area (Å²) < 4.78 is 21.7. The lowest BCUT2D eigenvalue weighted by Gasteiger charge is -2.14. The molecule has 0 atom stereocenters. The van der Waals surface area contributed by atoms with Crippen LogP contribution in [0.5, 0.6) is 23.0 Å². The molecule has 0 radical (unpaired) electrons. The molecule has 0 aliphatic rings. The predicted molar refractivity (Wildman–Crippen MR) is 115 cm³/mol. The van der Waals surface area contributed by atoms with Gasteiger partial charge in [-0.25, -0.2) is 4.98 Å². The van der Waals surface area contributed by atoms with Crippen LogP contribution in [0, 0.1) is 6.92 Å². The van der Waals surface area contributed by atoms with Crippen LogP contribution >= 0.6 is 11.3 Å². The molecule has 158 valence electrons. The number of carbonyl (C=O) groups excluding carboxylic acids is 1. The normalized spacial score (nSPS) is 10.4. The van der Waals surface area contributed by atoms with E-state index in [0.717, 1.165) is 16.3 Å². The lowest BCUT2D eigenvalue weighted by atomic mass is 10.1. The van der Waals surface area contributed by atoms with Crippen LogP contribution in [0.1, 0.15) is 26.6 Å². The number of aryl methyl sites for hydroxylation is 1. The van der Waals surface area contributed by atoms with Gasteiger partial charge in [0, 0.05) is 23.6 Å². The topological polar surface area (TPSA) is 78.9 Å². The molecule has 1 N–H and O–H groups in total. The number of hydrogen-bond acceptors (Lipinski definition) is 7. The summed E-state index contributed by atoms with van der Waals surface area (Å²) in [5.41, 5.74) is 2.28. The summed E-state index contributed by atoms with van der Waals surface area (Å²) in [6.07, 6.45) is 0. The van der Waals surface area contributed by atoms with E-state index in [0.29, 0.717) is 29.5 Å². The zero-order valence-corrected chi connectivity index (χ0v) is 18.2. The number of rotatable bonds is 9. The summed E-state index contributed by atoms with van der Waals surface area (Å²) in [5.74, 6) is 2.21. The van der Waals surface area contributed by atoms with Gasteiger partial charge in [0.1, 0.15) is 28.8 Å². The zero-order chi connectivity index (χ0) is 21.5. The molecule has 0 saturated carbocycles. The Labute approximate surface area is 179 Å². The number of benzene rings is 2. The maximum absolute atomic E-state index is 12.5. The van der Waals surface area contributed by atoms with Gasteiger partial charge < -0.3 is 24.3 Å². The smallest absolute Gasteiger partial charge is 0.271 e. The summed E-state index contributed by atoms with van der Waals surface area (Å²) in [6.45, 7) is 2.59.